The van der Waals surface area contributed by atoms with Crippen molar-refractivity contribution in [1.29, 1.82) is 0 Å². The van der Waals surface area contributed by atoms with Gasteiger partial charge >= 0.3 is 6.03 Å². The number of benzene rings is 1. The first-order valence-corrected chi connectivity index (χ1v) is 8.11. The molecule has 1 aliphatic rings. The number of aromatic nitrogens is 3. The van der Waals surface area contributed by atoms with Crippen LogP contribution >= 0.6 is 0 Å². The highest BCUT2D eigenvalue weighted by atomic mass is 16.5. The van der Waals surface area contributed by atoms with Gasteiger partial charge in [0.05, 0.1) is 13.2 Å². The maximum absolute atomic E-state index is 12.7. The summed E-state index contributed by atoms with van der Waals surface area (Å²) >= 11 is 0. The third-order valence-corrected chi connectivity index (χ3v) is 4.38. The highest BCUT2D eigenvalue weighted by Gasteiger charge is 2.31. The summed E-state index contributed by atoms with van der Waals surface area (Å²) in [7, 11) is 0. The van der Waals surface area contributed by atoms with Crippen LogP contribution in [0.3, 0.4) is 0 Å². The summed E-state index contributed by atoms with van der Waals surface area (Å²) in [6.07, 6.45) is 1.44. The average Bonchev–Trinajstić information content (AvgIpc) is 3.15. The standard InChI is InChI=1S/C17H23N5O2/c1-17(2,13-6-4-3-5-7-13)11-18-16(23)22-8-9-24-10-14(22)15-19-12-20-21-15/h3-7,12,14H,8-11H2,1-2H3,(H,18,23)(H,19,20,21). The number of carbonyl (C=O) groups is 1. The third-order valence-electron chi connectivity index (χ3n) is 4.38. The molecule has 0 spiro atoms. The molecular weight excluding hydrogens is 306 g/mol. The number of rotatable bonds is 4. The molecule has 1 atom stereocenters. The van der Waals surface area contributed by atoms with Crippen LogP contribution in [0.15, 0.2) is 36.7 Å². The van der Waals surface area contributed by atoms with Crippen molar-refractivity contribution in [2.24, 2.45) is 0 Å². The van der Waals surface area contributed by atoms with Crippen molar-refractivity contribution < 1.29 is 9.53 Å². The summed E-state index contributed by atoms with van der Waals surface area (Å²) in [5, 5.41) is 9.75. The van der Waals surface area contributed by atoms with E-state index >= 15 is 0 Å². The summed E-state index contributed by atoms with van der Waals surface area (Å²) in [5.41, 5.74) is 1.05. The van der Waals surface area contributed by atoms with Crippen LogP contribution in [-0.4, -0.2) is 52.4 Å². The molecular formula is C17H23N5O2. The number of nitrogens with one attached hydrogen (secondary N) is 2. The molecule has 2 amide bonds. The Morgan fingerprint density at radius 3 is 2.92 bits per heavy atom. The molecule has 0 radical (unpaired) electrons. The summed E-state index contributed by atoms with van der Waals surface area (Å²) in [4.78, 5) is 18.6. The second kappa shape index (κ2) is 7.00. The zero-order chi connectivity index (χ0) is 17.0. The van der Waals surface area contributed by atoms with E-state index < -0.39 is 0 Å². The van der Waals surface area contributed by atoms with Gasteiger partial charge in [0.1, 0.15) is 18.2 Å². The van der Waals surface area contributed by atoms with E-state index in [1.807, 2.05) is 18.2 Å². The minimum Gasteiger partial charge on any atom is -0.377 e. The summed E-state index contributed by atoms with van der Waals surface area (Å²) in [6.45, 7) is 6.27. The zero-order valence-corrected chi connectivity index (χ0v) is 14.0. The summed E-state index contributed by atoms with van der Waals surface area (Å²) in [6, 6.07) is 9.84. The van der Waals surface area contributed by atoms with E-state index in [0.717, 1.165) is 0 Å². The third kappa shape index (κ3) is 3.56. The lowest BCUT2D eigenvalue weighted by Gasteiger charge is -2.35. The fourth-order valence-electron chi connectivity index (χ4n) is 2.84. The molecule has 2 N–H and O–H groups in total. The van der Waals surface area contributed by atoms with Gasteiger partial charge in [-0.25, -0.2) is 9.78 Å². The SMILES string of the molecule is CC(C)(CNC(=O)N1CCOCC1c1ncn[nH]1)c1ccccc1. The predicted molar refractivity (Wildman–Crippen MR) is 89.5 cm³/mol. The van der Waals surface area contributed by atoms with Gasteiger partial charge in [-0.15, -0.1) is 0 Å². The largest absolute Gasteiger partial charge is 0.377 e. The molecule has 2 heterocycles. The number of ether oxygens (including phenoxy) is 1. The highest BCUT2D eigenvalue weighted by molar-refractivity contribution is 5.75. The van der Waals surface area contributed by atoms with Crippen molar-refractivity contribution in [3.8, 4) is 0 Å². The number of aromatic amines is 1. The number of hydrogen-bond donors (Lipinski definition) is 2. The van der Waals surface area contributed by atoms with Gasteiger partial charge in [0.2, 0.25) is 0 Å². The van der Waals surface area contributed by atoms with E-state index in [0.29, 0.717) is 32.1 Å². The van der Waals surface area contributed by atoms with Crippen LogP contribution in [0, 0.1) is 0 Å². The minimum atomic E-state index is -0.235. The van der Waals surface area contributed by atoms with Gasteiger partial charge in [0, 0.05) is 18.5 Å². The number of urea groups is 1. The molecule has 24 heavy (non-hydrogen) atoms. The molecule has 0 bridgehead atoms. The van der Waals surface area contributed by atoms with Crippen molar-refractivity contribution >= 4 is 6.03 Å². The van der Waals surface area contributed by atoms with Gasteiger partial charge in [-0.05, 0) is 5.56 Å². The Balaban J connectivity index is 1.65. The Morgan fingerprint density at radius 1 is 1.42 bits per heavy atom. The topological polar surface area (TPSA) is 83.1 Å². The Bertz CT molecular complexity index is 657. The number of morpholine rings is 1. The Kier molecular flexibility index (Phi) is 4.80. The van der Waals surface area contributed by atoms with E-state index in [-0.39, 0.29) is 17.5 Å². The smallest absolute Gasteiger partial charge is 0.318 e. The fraction of sp³-hybridized carbons (Fsp3) is 0.471. The van der Waals surface area contributed by atoms with Gasteiger partial charge in [0.25, 0.3) is 0 Å². The first-order valence-electron chi connectivity index (χ1n) is 8.11. The predicted octanol–water partition coefficient (Wildman–Crippen LogP) is 1.87. The Morgan fingerprint density at radius 2 is 2.21 bits per heavy atom. The fourth-order valence-corrected chi connectivity index (χ4v) is 2.84. The monoisotopic (exact) mass is 329 g/mol. The average molecular weight is 329 g/mol. The van der Waals surface area contributed by atoms with E-state index in [1.54, 1.807) is 4.90 Å². The number of amides is 2. The number of nitrogens with zero attached hydrogens (tertiary/aromatic N) is 3. The lowest BCUT2D eigenvalue weighted by Crippen LogP contribution is -2.50. The zero-order valence-electron chi connectivity index (χ0n) is 14.0. The number of carbonyl (C=O) groups excluding carboxylic acids is 1. The molecule has 7 nitrogen and oxygen atoms in total. The van der Waals surface area contributed by atoms with Crippen LogP contribution in [0.2, 0.25) is 0 Å². The van der Waals surface area contributed by atoms with E-state index in [1.165, 1.54) is 11.9 Å². The molecule has 1 unspecified atom stereocenters. The molecule has 1 aromatic heterocycles. The van der Waals surface area contributed by atoms with Crippen molar-refractivity contribution in [1.82, 2.24) is 25.4 Å². The molecule has 1 aliphatic heterocycles. The summed E-state index contributed by atoms with van der Waals surface area (Å²) < 4.78 is 5.49. The van der Waals surface area contributed by atoms with Crippen molar-refractivity contribution in [3.63, 3.8) is 0 Å². The quantitative estimate of drug-likeness (QED) is 0.897. The highest BCUT2D eigenvalue weighted by Crippen LogP contribution is 2.23. The van der Waals surface area contributed by atoms with Crippen LogP contribution in [-0.2, 0) is 10.2 Å². The first kappa shape index (κ1) is 16.4. The van der Waals surface area contributed by atoms with Crippen LogP contribution < -0.4 is 5.32 Å². The molecule has 128 valence electrons. The first-order chi connectivity index (χ1) is 11.6. The van der Waals surface area contributed by atoms with Gasteiger partial charge in [-0.1, -0.05) is 44.2 Å². The molecule has 0 aliphatic carbocycles. The molecule has 0 saturated carbocycles. The van der Waals surface area contributed by atoms with Gasteiger partial charge in [-0.2, -0.15) is 5.10 Å². The number of H-pyrrole nitrogens is 1. The van der Waals surface area contributed by atoms with E-state index in [4.69, 9.17) is 4.74 Å². The Labute approximate surface area is 141 Å². The van der Waals surface area contributed by atoms with E-state index in [2.05, 4.69) is 46.5 Å². The van der Waals surface area contributed by atoms with Crippen LogP contribution in [0.4, 0.5) is 4.79 Å². The molecule has 1 aromatic carbocycles. The molecule has 7 heteroatoms. The maximum Gasteiger partial charge on any atom is 0.318 e. The maximum atomic E-state index is 12.7. The van der Waals surface area contributed by atoms with Crippen molar-refractivity contribution in [2.75, 3.05) is 26.3 Å². The van der Waals surface area contributed by atoms with Gasteiger partial charge in [0.15, 0.2) is 0 Å². The van der Waals surface area contributed by atoms with Gasteiger partial charge in [-0.3, -0.25) is 5.10 Å². The van der Waals surface area contributed by atoms with Crippen LogP contribution in [0.1, 0.15) is 31.3 Å². The second-order valence-electron chi connectivity index (χ2n) is 6.56. The Hall–Kier alpha value is -2.41. The van der Waals surface area contributed by atoms with E-state index in [9.17, 15) is 4.79 Å². The molecule has 3 rings (SSSR count). The molecule has 1 fully saturated rings. The minimum absolute atomic E-state index is 0.108. The number of hydrogen-bond acceptors (Lipinski definition) is 4. The van der Waals surface area contributed by atoms with Crippen molar-refractivity contribution in [2.45, 2.75) is 25.3 Å². The lowest BCUT2D eigenvalue weighted by atomic mass is 9.85. The summed E-state index contributed by atoms with van der Waals surface area (Å²) in [5.74, 6) is 0.646. The molecule has 2 aromatic rings. The van der Waals surface area contributed by atoms with Gasteiger partial charge < -0.3 is 15.0 Å². The van der Waals surface area contributed by atoms with Crippen LogP contribution in [0.5, 0.6) is 0 Å². The lowest BCUT2D eigenvalue weighted by molar-refractivity contribution is 0.00853. The van der Waals surface area contributed by atoms with Crippen LogP contribution in [0.25, 0.3) is 0 Å². The normalized spacial score (nSPS) is 18.4. The molecule has 1 saturated heterocycles. The van der Waals surface area contributed by atoms with Crippen molar-refractivity contribution in [3.05, 3.63) is 48.0 Å². The second-order valence-corrected chi connectivity index (χ2v) is 6.56.